The molecule has 0 aromatic heterocycles. The zero-order valence-electron chi connectivity index (χ0n) is 30.8. The van der Waals surface area contributed by atoms with Crippen LogP contribution < -0.4 is 0 Å². The molecule has 0 amide bonds. The SMILES string of the molecule is c1ccc(-c2cc3ccccc3cc2-c2ccc3c(c2)c(-c2ccccc2)cc2cc(-c4ccc(-c5cc6ccccc6c6ccccc56)cc4)ccc23)cc1. The number of hydrogen-bond acceptors (Lipinski definition) is 0. The van der Waals surface area contributed by atoms with Gasteiger partial charge in [-0.15, -0.1) is 0 Å². The Hall–Kier alpha value is -7.28. The normalized spacial score (nSPS) is 11.6. The van der Waals surface area contributed by atoms with Gasteiger partial charge in [0.05, 0.1) is 0 Å². The molecule has 0 aliphatic carbocycles. The van der Waals surface area contributed by atoms with Gasteiger partial charge in [-0.2, -0.15) is 0 Å². The van der Waals surface area contributed by atoms with Crippen LogP contribution >= 0.6 is 0 Å². The van der Waals surface area contributed by atoms with E-state index in [9.17, 15) is 0 Å². The van der Waals surface area contributed by atoms with Crippen molar-refractivity contribution in [3.8, 4) is 55.6 Å². The lowest BCUT2D eigenvalue weighted by molar-refractivity contribution is 1.61. The largest absolute Gasteiger partial charge is 0.0622 e. The summed E-state index contributed by atoms with van der Waals surface area (Å²) in [6.45, 7) is 0. The Morgan fingerprint density at radius 2 is 0.571 bits per heavy atom. The second-order valence-corrected chi connectivity index (χ2v) is 14.9. The summed E-state index contributed by atoms with van der Waals surface area (Å²) in [6.07, 6.45) is 0. The minimum Gasteiger partial charge on any atom is -0.0622 e. The molecule has 0 atom stereocenters. The molecular formula is C56H36. The van der Waals surface area contributed by atoms with E-state index in [1.54, 1.807) is 0 Å². The minimum absolute atomic E-state index is 1.21. The van der Waals surface area contributed by atoms with Crippen LogP contribution in [0.4, 0.5) is 0 Å². The first kappa shape index (κ1) is 32.2. The Kier molecular flexibility index (Phi) is 7.60. The maximum absolute atomic E-state index is 2.41. The molecule has 0 unspecified atom stereocenters. The number of fused-ring (bicyclic) bond motifs is 7. The van der Waals surface area contributed by atoms with E-state index in [-0.39, 0.29) is 0 Å². The van der Waals surface area contributed by atoms with E-state index < -0.39 is 0 Å². The van der Waals surface area contributed by atoms with Crippen molar-refractivity contribution in [3.05, 3.63) is 218 Å². The summed E-state index contributed by atoms with van der Waals surface area (Å²) in [5, 5.41) is 12.6. The van der Waals surface area contributed by atoms with Gasteiger partial charge in [0.25, 0.3) is 0 Å². The van der Waals surface area contributed by atoms with Crippen LogP contribution in [-0.4, -0.2) is 0 Å². The van der Waals surface area contributed by atoms with E-state index in [4.69, 9.17) is 0 Å². The molecule has 0 N–H and O–H groups in total. The van der Waals surface area contributed by atoms with E-state index in [0.29, 0.717) is 0 Å². The second-order valence-electron chi connectivity index (χ2n) is 14.9. The van der Waals surface area contributed by atoms with Crippen LogP contribution in [-0.2, 0) is 0 Å². The Morgan fingerprint density at radius 3 is 1.29 bits per heavy atom. The Morgan fingerprint density at radius 1 is 0.161 bits per heavy atom. The fourth-order valence-corrected chi connectivity index (χ4v) is 8.84. The van der Waals surface area contributed by atoms with Crippen LogP contribution in [0.1, 0.15) is 0 Å². The molecule has 11 aromatic rings. The van der Waals surface area contributed by atoms with Crippen molar-refractivity contribution in [2.75, 3.05) is 0 Å². The molecule has 0 fully saturated rings. The molecule has 260 valence electrons. The fraction of sp³-hybridized carbons (Fsp3) is 0. The summed E-state index contributed by atoms with van der Waals surface area (Å²) in [7, 11) is 0. The van der Waals surface area contributed by atoms with Gasteiger partial charge in [0.15, 0.2) is 0 Å². The minimum atomic E-state index is 1.21. The predicted molar refractivity (Wildman–Crippen MR) is 241 cm³/mol. The van der Waals surface area contributed by atoms with Crippen molar-refractivity contribution in [2.45, 2.75) is 0 Å². The summed E-state index contributed by atoms with van der Waals surface area (Å²) in [5.41, 5.74) is 12.3. The predicted octanol–water partition coefficient (Wildman–Crippen LogP) is 15.8. The van der Waals surface area contributed by atoms with Gasteiger partial charge in [-0.3, -0.25) is 0 Å². The zero-order chi connectivity index (χ0) is 37.0. The monoisotopic (exact) mass is 708 g/mol. The molecule has 0 saturated carbocycles. The summed E-state index contributed by atoms with van der Waals surface area (Å²) in [6, 6.07) is 80.4. The molecule has 11 aromatic carbocycles. The van der Waals surface area contributed by atoms with E-state index in [2.05, 4.69) is 218 Å². The highest BCUT2D eigenvalue weighted by Crippen LogP contribution is 2.42. The van der Waals surface area contributed by atoms with Gasteiger partial charge in [0.2, 0.25) is 0 Å². The zero-order valence-corrected chi connectivity index (χ0v) is 30.8. The van der Waals surface area contributed by atoms with Gasteiger partial charge in [-0.25, -0.2) is 0 Å². The third kappa shape index (κ3) is 5.46. The highest BCUT2D eigenvalue weighted by Gasteiger charge is 2.15. The molecule has 0 heteroatoms. The first-order valence-electron chi connectivity index (χ1n) is 19.4. The van der Waals surface area contributed by atoms with Crippen LogP contribution in [0, 0.1) is 0 Å². The Balaban J connectivity index is 1.05. The van der Waals surface area contributed by atoms with E-state index >= 15 is 0 Å². The lowest BCUT2D eigenvalue weighted by Gasteiger charge is -2.16. The van der Waals surface area contributed by atoms with Gasteiger partial charge in [0.1, 0.15) is 0 Å². The molecule has 11 rings (SSSR count). The third-order valence-electron chi connectivity index (χ3n) is 11.6. The van der Waals surface area contributed by atoms with Crippen LogP contribution in [0.5, 0.6) is 0 Å². The Bertz CT molecular complexity index is 3260. The molecule has 0 radical (unpaired) electrons. The number of rotatable bonds is 5. The maximum Gasteiger partial charge on any atom is -0.00928 e. The average Bonchev–Trinajstić information content (AvgIpc) is 3.28. The molecule has 0 spiro atoms. The lowest BCUT2D eigenvalue weighted by atomic mass is 9.87. The molecule has 56 heavy (non-hydrogen) atoms. The van der Waals surface area contributed by atoms with Crippen LogP contribution in [0.3, 0.4) is 0 Å². The third-order valence-corrected chi connectivity index (χ3v) is 11.6. The van der Waals surface area contributed by atoms with Crippen molar-refractivity contribution in [1.29, 1.82) is 0 Å². The first-order valence-corrected chi connectivity index (χ1v) is 19.4. The quantitative estimate of drug-likeness (QED) is 0.156. The van der Waals surface area contributed by atoms with Crippen molar-refractivity contribution in [1.82, 2.24) is 0 Å². The first-order chi connectivity index (χ1) is 27.7. The van der Waals surface area contributed by atoms with Gasteiger partial charge in [0, 0.05) is 0 Å². The van der Waals surface area contributed by atoms with Crippen molar-refractivity contribution < 1.29 is 0 Å². The molecule has 0 aliphatic heterocycles. The maximum atomic E-state index is 2.41. The van der Waals surface area contributed by atoms with Gasteiger partial charge in [-0.1, -0.05) is 182 Å². The molecule has 0 nitrogen and oxygen atoms in total. The molecule has 0 aliphatic rings. The van der Waals surface area contributed by atoms with E-state index in [1.165, 1.54) is 109 Å². The van der Waals surface area contributed by atoms with Gasteiger partial charge in [-0.05, 0) is 146 Å². The molecule has 0 saturated heterocycles. The van der Waals surface area contributed by atoms with Crippen molar-refractivity contribution >= 4 is 53.9 Å². The van der Waals surface area contributed by atoms with Crippen molar-refractivity contribution in [2.24, 2.45) is 0 Å². The average molecular weight is 709 g/mol. The van der Waals surface area contributed by atoms with Crippen LogP contribution in [0.25, 0.3) is 109 Å². The number of hydrogen-bond donors (Lipinski definition) is 0. The fourth-order valence-electron chi connectivity index (χ4n) is 8.84. The number of benzene rings is 11. The van der Waals surface area contributed by atoms with Gasteiger partial charge < -0.3 is 0 Å². The van der Waals surface area contributed by atoms with E-state index in [1.807, 2.05) is 0 Å². The van der Waals surface area contributed by atoms with Crippen molar-refractivity contribution in [3.63, 3.8) is 0 Å². The summed E-state index contributed by atoms with van der Waals surface area (Å²) < 4.78 is 0. The highest BCUT2D eigenvalue weighted by molar-refractivity contribution is 6.16. The van der Waals surface area contributed by atoms with Crippen LogP contribution in [0.2, 0.25) is 0 Å². The summed E-state index contributed by atoms with van der Waals surface area (Å²) in [5.74, 6) is 0. The smallest absolute Gasteiger partial charge is 0.00928 e. The van der Waals surface area contributed by atoms with E-state index in [0.717, 1.165) is 0 Å². The molecular weight excluding hydrogens is 673 g/mol. The van der Waals surface area contributed by atoms with Crippen LogP contribution in [0.15, 0.2) is 218 Å². The Labute approximate surface area is 326 Å². The molecule has 0 bridgehead atoms. The topological polar surface area (TPSA) is 0 Å². The second kappa shape index (κ2) is 13.2. The highest BCUT2D eigenvalue weighted by atomic mass is 14.2. The molecule has 0 heterocycles. The standard InChI is InChI=1S/C56H36/c1-3-13-38(14-4-1)53-32-41-17-7-8-18-42(41)33-55(53)45-28-30-51-48-29-27-43(31-46(48)36-54(56(51)35-45)39-15-5-2-6-16-39)37-23-25-40(26-24-37)52-34-44-19-9-10-20-47(44)49-21-11-12-22-50(49)52/h1-36H. The summed E-state index contributed by atoms with van der Waals surface area (Å²) >= 11 is 0. The summed E-state index contributed by atoms with van der Waals surface area (Å²) in [4.78, 5) is 0. The lowest BCUT2D eigenvalue weighted by Crippen LogP contribution is -1.90. The van der Waals surface area contributed by atoms with Gasteiger partial charge >= 0.3 is 0 Å².